The first kappa shape index (κ1) is 14.2. The summed E-state index contributed by atoms with van der Waals surface area (Å²) in [6.45, 7) is 0. The number of hydrogen-bond acceptors (Lipinski definition) is 6. The molecule has 5 N–H and O–H groups in total. The predicted molar refractivity (Wildman–Crippen MR) is 87.9 cm³/mol. The molecular weight excluding hydrogens is 292 g/mol. The Bertz CT molecular complexity index is 933. The Morgan fingerprint density at radius 3 is 2.91 bits per heavy atom. The lowest BCUT2D eigenvalue weighted by atomic mass is 10.3. The number of hydrazone groups is 1. The number of anilines is 1. The van der Waals surface area contributed by atoms with Crippen LogP contribution in [0.5, 0.6) is 0 Å². The van der Waals surface area contributed by atoms with Gasteiger partial charge in [-0.2, -0.15) is 10.4 Å². The van der Waals surface area contributed by atoms with Crippen molar-refractivity contribution in [1.82, 2.24) is 15.0 Å². The summed E-state index contributed by atoms with van der Waals surface area (Å²) < 4.78 is 0. The van der Waals surface area contributed by atoms with Gasteiger partial charge in [-0.1, -0.05) is 6.07 Å². The predicted octanol–water partition coefficient (Wildman–Crippen LogP) is 1.85. The maximum absolute atomic E-state index is 8.81. The standard InChI is InChI=1S/C15H12N8/c16-8-13(14(17)18)23-22-9-4-5-10-12(7-9)21-15(20-10)11-3-1-2-6-19-11/h1-7,22H,(H3,17,18)(H,20,21)/b23-13+. The van der Waals surface area contributed by atoms with Gasteiger partial charge in [-0.05, 0) is 30.3 Å². The highest BCUT2D eigenvalue weighted by Gasteiger charge is 2.07. The molecule has 0 aliphatic carbocycles. The Morgan fingerprint density at radius 2 is 2.22 bits per heavy atom. The van der Waals surface area contributed by atoms with Crippen LogP contribution in [0.1, 0.15) is 0 Å². The molecule has 0 fully saturated rings. The molecule has 2 heterocycles. The average Bonchev–Trinajstić information content (AvgIpc) is 2.99. The van der Waals surface area contributed by atoms with E-state index in [1.807, 2.05) is 24.3 Å². The van der Waals surface area contributed by atoms with E-state index >= 15 is 0 Å². The highest BCUT2D eigenvalue weighted by atomic mass is 15.3. The number of imidazole rings is 1. The molecule has 3 rings (SSSR count). The summed E-state index contributed by atoms with van der Waals surface area (Å²) in [5.41, 5.74) is 10.7. The number of nitriles is 1. The van der Waals surface area contributed by atoms with Crippen LogP contribution < -0.4 is 11.2 Å². The molecule has 0 radical (unpaired) electrons. The van der Waals surface area contributed by atoms with Crippen molar-refractivity contribution in [2.45, 2.75) is 0 Å². The SMILES string of the molecule is N#C/C(=N\Nc1ccc2nc(-c3ccccn3)[nH]c2c1)C(=N)N. The van der Waals surface area contributed by atoms with Crippen molar-refractivity contribution in [2.24, 2.45) is 10.8 Å². The molecule has 0 aliphatic heterocycles. The van der Waals surface area contributed by atoms with Crippen LogP contribution in [-0.2, 0) is 0 Å². The summed E-state index contributed by atoms with van der Waals surface area (Å²) in [6.07, 6.45) is 1.70. The second-order valence-corrected chi connectivity index (χ2v) is 4.63. The Labute approximate surface area is 131 Å². The number of H-pyrrole nitrogens is 1. The fraction of sp³-hybridized carbons (Fsp3) is 0. The van der Waals surface area contributed by atoms with Crippen LogP contribution in [0, 0.1) is 16.7 Å². The Kier molecular flexibility index (Phi) is 3.68. The van der Waals surface area contributed by atoms with E-state index in [2.05, 4.69) is 25.5 Å². The number of fused-ring (bicyclic) bond motifs is 1. The van der Waals surface area contributed by atoms with Crippen molar-refractivity contribution in [3.63, 3.8) is 0 Å². The monoisotopic (exact) mass is 304 g/mol. The topological polar surface area (TPSA) is 140 Å². The summed E-state index contributed by atoms with van der Waals surface area (Å²) >= 11 is 0. The fourth-order valence-electron chi connectivity index (χ4n) is 1.97. The summed E-state index contributed by atoms with van der Waals surface area (Å²) in [5.74, 6) is 0.280. The largest absolute Gasteiger partial charge is 0.382 e. The van der Waals surface area contributed by atoms with Gasteiger partial charge >= 0.3 is 0 Å². The molecule has 112 valence electrons. The van der Waals surface area contributed by atoms with E-state index in [9.17, 15) is 0 Å². The fourth-order valence-corrected chi connectivity index (χ4v) is 1.97. The number of nitrogens with two attached hydrogens (primary N) is 1. The van der Waals surface area contributed by atoms with Gasteiger partial charge in [0.25, 0.3) is 0 Å². The number of aromatic amines is 1. The van der Waals surface area contributed by atoms with E-state index in [0.29, 0.717) is 11.5 Å². The van der Waals surface area contributed by atoms with Gasteiger partial charge < -0.3 is 10.7 Å². The van der Waals surface area contributed by atoms with E-state index in [1.165, 1.54) is 0 Å². The molecule has 0 unspecified atom stereocenters. The zero-order valence-electron chi connectivity index (χ0n) is 11.9. The van der Waals surface area contributed by atoms with Gasteiger partial charge in [0.05, 0.1) is 16.7 Å². The minimum atomic E-state index is -0.389. The lowest BCUT2D eigenvalue weighted by molar-refractivity contribution is 1.24. The first-order valence-corrected chi connectivity index (χ1v) is 6.67. The van der Waals surface area contributed by atoms with E-state index in [0.717, 1.165) is 16.7 Å². The molecular formula is C15H12N8. The van der Waals surface area contributed by atoms with E-state index in [1.54, 1.807) is 24.4 Å². The minimum Gasteiger partial charge on any atom is -0.382 e. The molecule has 3 aromatic rings. The van der Waals surface area contributed by atoms with Crippen LogP contribution >= 0.6 is 0 Å². The maximum atomic E-state index is 8.81. The second-order valence-electron chi connectivity index (χ2n) is 4.63. The van der Waals surface area contributed by atoms with Crippen molar-refractivity contribution >= 4 is 28.3 Å². The number of hydrogen-bond donors (Lipinski definition) is 4. The average molecular weight is 304 g/mol. The molecule has 1 aromatic carbocycles. The first-order valence-electron chi connectivity index (χ1n) is 6.67. The Balaban J connectivity index is 1.91. The molecule has 0 saturated heterocycles. The molecule has 0 spiro atoms. The molecule has 8 heteroatoms. The van der Waals surface area contributed by atoms with Crippen molar-refractivity contribution < 1.29 is 0 Å². The number of nitrogens with zero attached hydrogens (tertiary/aromatic N) is 4. The molecule has 8 nitrogen and oxygen atoms in total. The zero-order chi connectivity index (χ0) is 16.2. The molecule has 0 saturated carbocycles. The number of rotatable bonds is 4. The lowest BCUT2D eigenvalue weighted by Gasteiger charge is -2.00. The third kappa shape index (κ3) is 2.98. The summed E-state index contributed by atoms with van der Waals surface area (Å²) in [6, 6.07) is 12.7. The van der Waals surface area contributed by atoms with Gasteiger partial charge in [0, 0.05) is 6.20 Å². The Morgan fingerprint density at radius 1 is 1.35 bits per heavy atom. The smallest absolute Gasteiger partial charge is 0.201 e. The van der Waals surface area contributed by atoms with Gasteiger partial charge in [0.15, 0.2) is 11.7 Å². The van der Waals surface area contributed by atoms with Crippen molar-refractivity contribution in [3.05, 3.63) is 42.6 Å². The van der Waals surface area contributed by atoms with Crippen LogP contribution in [-0.4, -0.2) is 26.5 Å². The molecule has 23 heavy (non-hydrogen) atoms. The summed E-state index contributed by atoms with van der Waals surface area (Å²) in [5, 5.41) is 19.8. The van der Waals surface area contributed by atoms with Gasteiger partial charge in [-0.3, -0.25) is 15.8 Å². The molecule has 0 bridgehead atoms. The van der Waals surface area contributed by atoms with Crippen molar-refractivity contribution in [2.75, 3.05) is 5.43 Å². The number of nitrogens with one attached hydrogen (secondary N) is 3. The highest BCUT2D eigenvalue weighted by Crippen LogP contribution is 2.21. The normalized spacial score (nSPS) is 11.2. The van der Waals surface area contributed by atoms with E-state index in [4.69, 9.17) is 16.4 Å². The quantitative estimate of drug-likeness (QED) is 0.331. The summed E-state index contributed by atoms with van der Waals surface area (Å²) in [4.78, 5) is 11.9. The third-order valence-corrected chi connectivity index (χ3v) is 3.05. The number of benzene rings is 1. The number of aromatic nitrogens is 3. The lowest BCUT2D eigenvalue weighted by Crippen LogP contribution is -2.21. The van der Waals surface area contributed by atoms with E-state index < -0.39 is 0 Å². The molecule has 0 aliphatic rings. The second kappa shape index (κ2) is 5.95. The number of amidine groups is 1. The molecule has 0 amide bonds. The van der Waals surface area contributed by atoms with Gasteiger partial charge in [-0.25, -0.2) is 4.98 Å². The summed E-state index contributed by atoms with van der Waals surface area (Å²) in [7, 11) is 0. The van der Waals surface area contributed by atoms with Gasteiger partial charge in [0.2, 0.25) is 5.71 Å². The van der Waals surface area contributed by atoms with Crippen LogP contribution in [0.2, 0.25) is 0 Å². The van der Waals surface area contributed by atoms with Gasteiger partial charge in [-0.15, -0.1) is 0 Å². The number of pyridine rings is 1. The van der Waals surface area contributed by atoms with Crippen LogP contribution in [0.3, 0.4) is 0 Å². The molecule has 0 atom stereocenters. The first-order chi connectivity index (χ1) is 11.2. The van der Waals surface area contributed by atoms with Crippen molar-refractivity contribution in [3.8, 4) is 17.6 Å². The van der Waals surface area contributed by atoms with Crippen LogP contribution in [0.4, 0.5) is 5.69 Å². The Hall–Kier alpha value is -3.73. The van der Waals surface area contributed by atoms with Crippen LogP contribution in [0.25, 0.3) is 22.6 Å². The van der Waals surface area contributed by atoms with E-state index in [-0.39, 0.29) is 11.5 Å². The minimum absolute atomic E-state index is 0.177. The van der Waals surface area contributed by atoms with Gasteiger partial charge in [0.1, 0.15) is 11.8 Å². The zero-order valence-corrected chi connectivity index (χ0v) is 11.9. The van der Waals surface area contributed by atoms with Crippen molar-refractivity contribution in [1.29, 1.82) is 10.7 Å². The van der Waals surface area contributed by atoms with Crippen LogP contribution in [0.15, 0.2) is 47.7 Å². The highest BCUT2D eigenvalue weighted by molar-refractivity contribution is 6.45. The third-order valence-electron chi connectivity index (χ3n) is 3.05. The maximum Gasteiger partial charge on any atom is 0.201 e. The molecule has 2 aromatic heterocycles.